The largest absolute Gasteiger partial charge is 0.326 e. The number of hydrogen-bond donors (Lipinski definition) is 2. The molecule has 1 atom stereocenters. The Kier molecular flexibility index (Phi) is 9.66. The molecular formula is C31H27FN6O5S2. The highest BCUT2D eigenvalue weighted by molar-refractivity contribution is 7.98. The zero-order chi connectivity index (χ0) is 32.0. The normalized spacial score (nSPS) is 12.0. The molecule has 1 amide bonds. The van der Waals surface area contributed by atoms with Gasteiger partial charge in [-0.05, 0) is 66.1 Å². The first-order chi connectivity index (χ1) is 21.6. The Morgan fingerprint density at radius 1 is 0.933 bits per heavy atom. The van der Waals surface area contributed by atoms with Gasteiger partial charge in [-0.25, -0.2) is 17.5 Å². The molecule has 11 nitrogen and oxygen atoms in total. The first kappa shape index (κ1) is 31.5. The molecule has 4 aromatic carbocycles. The third-order valence-electron chi connectivity index (χ3n) is 6.64. The van der Waals surface area contributed by atoms with Gasteiger partial charge in [0, 0.05) is 36.2 Å². The van der Waals surface area contributed by atoms with Gasteiger partial charge in [0.2, 0.25) is 15.9 Å². The Labute approximate surface area is 262 Å². The SMILES string of the molecule is CC(=O)Nc1ccc(S(=O)(=O)NC(Cc2ccccc2)c2nnc(SCc3ccc(F)cc3)n2-c2ccc([N+](=O)[O-])cc2)cc1. The number of hydrogen-bond acceptors (Lipinski definition) is 8. The van der Waals surface area contributed by atoms with Gasteiger partial charge in [0.25, 0.3) is 5.69 Å². The second kappa shape index (κ2) is 13.8. The van der Waals surface area contributed by atoms with Gasteiger partial charge in [-0.15, -0.1) is 10.2 Å². The first-order valence-corrected chi connectivity index (χ1v) is 16.1. The molecular weight excluding hydrogens is 620 g/mol. The van der Waals surface area contributed by atoms with Gasteiger partial charge in [0.05, 0.1) is 15.9 Å². The standard InChI is InChI=1S/C31H27FN6O5S2/c1-21(39)33-25-11-17-28(18-12-25)45(42,43)36-29(19-22-5-3-2-4-6-22)30-34-35-31(44-20-23-7-9-24(32)10-8-23)37(30)26-13-15-27(16-14-26)38(40)41/h2-18,29,36H,19-20H2,1H3,(H,33,39). The Morgan fingerprint density at radius 3 is 2.22 bits per heavy atom. The molecule has 45 heavy (non-hydrogen) atoms. The second-order valence-electron chi connectivity index (χ2n) is 9.93. The fourth-order valence-electron chi connectivity index (χ4n) is 4.51. The third kappa shape index (κ3) is 7.98. The average molecular weight is 647 g/mol. The molecule has 0 spiro atoms. The van der Waals surface area contributed by atoms with Gasteiger partial charge >= 0.3 is 0 Å². The van der Waals surface area contributed by atoms with E-state index in [-0.39, 0.29) is 34.6 Å². The van der Waals surface area contributed by atoms with E-state index in [4.69, 9.17) is 0 Å². The monoisotopic (exact) mass is 646 g/mol. The summed E-state index contributed by atoms with van der Waals surface area (Å²) in [7, 11) is -4.12. The Morgan fingerprint density at radius 2 is 1.60 bits per heavy atom. The zero-order valence-electron chi connectivity index (χ0n) is 23.8. The Balaban J connectivity index is 1.55. The van der Waals surface area contributed by atoms with Crippen LogP contribution in [-0.4, -0.2) is 34.0 Å². The fraction of sp³-hybridized carbons (Fsp3) is 0.129. The number of nitrogens with one attached hydrogen (secondary N) is 2. The van der Waals surface area contributed by atoms with Crippen molar-refractivity contribution in [1.82, 2.24) is 19.5 Å². The molecule has 0 saturated heterocycles. The lowest BCUT2D eigenvalue weighted by Crippen LogP contribution is -2.32. The van der Waals surface area contributed by atoms with Crippen LogP contribution in [-0.2, 0) is 27.0 Å². The summed E-state index contributed by atoms with van der Waals surface area (Å²) in [5.74, 6) is 0.0140. The van der Waals surface area contributed by atoms with Crippen molar-refractivity contribution in [2.24, 2.45) is 0 Å². The highest BCUT2D eigenvalue weighted by atomic mass is 32.2. The van der Waals surface area contributed by atoms with E-state index in [0.29, 0.717) is 22.3 Å². The summed E-state index contributed by atoms with van der Waals surface area (Å²) in [4.78, 5) is 22.2. The molecule has 14 heteroatoms. The molecule has 230 valence electrons. The van der Waals surface area contributed by atoms with Crippen molar-refractivity contribution in [2.75, 3.05) is 5.32 Å². The van der Waals surface area contributed by atoms with Gasteiger partial charge in [0.15, 0.2) is 11.0 Å². The van der Waals surface area contributed by atoms with Crippen LogP contribution < -0.4 is 10.0 Å². The lowest BCUT2D eigenvalue weighted by molar-refractivity contribution is -0.384. The van der Waals surface area contributed by atoms with Crippen LogP contribution in [0, 0.1) is 15.9 Å². The molecule has 2 N–H and O–H groups in total. The maximum atomic E-state index is 13.7. The van der Waals surface area contributed by atoms with Crippen LogP contribution in [0.2, 0.25) is 0 Å². The second-order valence-corrected chi connectivity index (χ2v) is 12.6. The average Bonchev–Trinajstić information content (AvgIpc) is 3.45. The number of nitro benzene ring substituents is 1. The number of amides is 1. The van der Waals surface area contributed by atoms with Crippen molar-refractivity contribution in [2.45, 2.75) is 35.2 Å². The molecule has 0 aliphatic carbocycles. The number of nitrogens with zero attached hydrogens (tertiary/aromatic N) is 4. The van der Waals surface area contributed by atoms with E-state index in [1.807, 2.05) is 30.3 Å². The lowest BCUT2D eigenvalue weighted by atomic mass is 10.1. The maximum absolute atomic E-state index is 13.7. The van der Waals surface area contributed by atoms with Crippen molar-refractivity contribution >= 4 is 39.1 Å². The molecule has 0 bridgehead atoms. The predicted octanol–water partition coefficient (Wildman–Crippen LogP) is 5.83. The molecule has 0 aliphatic rings. The number of nitro groups is 1. The summed E-state index contributed by atoms with van der Waals surface area (Å²) in [6, 6.07) is 25.9. The van der Waals surface area contributed by atoms with E-state index in [1.54, 1.807) is 28.8 Å². The van der Waals surface area contributed by atoms with E-state index in [1.165, 1.54) is 67.2 Å². The van der Waals surface area contributed by atoms with E-state index >= 15 is 0 Å². The summed E-state index contributed by atoms with van der Waals surface area (Å²) >= 11 is 1.30. The van der Waals surface area contributed by atoms with Crippen LogP contribution in [0.15, 0.2) is 113 Å². The molecule has 1 aromatic heterocycles. The van der Waals surface area contributed by atoms with Gasteiger partial charge < -0.3 is 5.32 Å². The zero-order valence-corrected chi connectivity index (χ0v) is 25.5. The van der Waals surface area contributed by atoms with Crippen molar-refractivity contribution in [3.8, 4) is 5.69 Å². The number of anilines is 1. The lowest BCUT2D eigenvalue weighted by Gasteiger charge is -2.20. The minimum absolute atomic E-state index is 0.0260. The smallest absolute Gasteiger partial charge is 0.269 e. The van der Waals surface area contributed by atoms with Crippen molar-refractivity contribution in [3.63, 3.8) is 0 Å². The predicted molar refractivity (Wildman–Crippen MR) is 168 cm³/mol. The minimum Gasteiger partial charge on any atom is -0.326 e. The van der Waals surface area contributed by atoms with Crippen LogP contribution in [0.3, 0.4) is 0 Å². The van der Waals surface area contributed by atoms with Crippen molar-refractivity contribution in [1.29, 1.82) is 0 Å². The number of aromatic nitrogens is 3. The number of halogens is 1. The number of benzene rings is 4. The first-order valence-electron chi connectivity index (χ1n) is 13.6. The molecule has 1 unspecified atom stereocenters. The Hall–Kier alpha value is -4.92. The summed E-state index contributed by atoms with van der Waals surface area (Å²) in [6.07, 6.45) is 0.206. The number of non-ortho nitro benzene ring substituents is 1. The molecule has 0 radical (unpaired) electrons. The molecule has 1 heterocycles. The van der Waals surface area contributed by atoms with Crippen LogP contribution in [0.5, 0.6) is 0 Å². The molecule has 0 fully saturated rings. The van der Waals surface area contributed by atoms with E-state index < -0.39 is 21.0 Å². The highest BCUT2D eigenvalue weighted by Crippen LogP contribution is 2.31. The highest BCUT2D eigenvalue weighted by Gasteiger charge is 2.28. The van der Waals surface area contributed by atoms with Crippen molar-refractivity contribution < 1.29 is 22.5 Å². The Bertz CT molecular complexity index is 1900. The molecule has 0 saturated carbocycles. The molecule has 5 rings (SSSR count). The molecule has 5 aromatic rings. The summed E-state index contributed by atoms with van der Waals surface area (Å²) in [6.45, 7) is 1.35. The summed E-state index contributed by atoms with van der Waals surface area (Å²) in [5.41, 5.74) is 2.47. The van der Waals surface area contributed by atoms with Gasteiger partial charge in [0.1, 0.15) is 5.82 Å². The van der Waals surface area contributed by atoms with Gasteiger partial charge in [-0.1, -0.05) is 54.2 Å². The maximum Gasteiger partial charge on any atom is 0.269 e. The summed E-state index contributed by atoms with van der Waals surface area (Å²) in [5, 5.41) is 23.2. The van der Waals surface area contributed by atoms with E-state index in [2.05, 4.69) is 20.2 Å². The summed E-state index contributed by atoms with van der Waals surface area (Å²) < 4.78 is 45.3. The van der Waals surface area contributed by atoms with E-state index in [9.17, 15) is 27.7 Å². The third-order valence-corrected chi connectivity index (χ3v) is 9.12. The fourth-order valence-corrected chi connectivity index (χ4v) is 6.62. The van der Waals surface area contributed by atoms with Gasteiger partial charge in [-0.2, -0.15) is 0 Å². The molecule has 0 aliphatic heterocycles. The van der Waals surface area contributed by atoms with Crippen LogP contribution >= 0.6 is 11.8 Å². The number of thioether (sulfide) groups is 1. The quantitative estimate of drug-likeness (QED) is 0.0978. The topological polar surface area (TPSA) is 149 Å². The van der Waals surface area contributed by atoms with Gasteiger partial charge in [-0.3, -0.25) is 19.5 Å². The van der Waals surface area contributed by atoms with E-state index in [0.717, 1.165) is 11.1 Å². The van der Waals surface area contributed by atoms with Crippen molar-refractivity contribution in [3.05, 3.63) is 136 Å². The number of carbonyl (C=O) groups excluding carboxylic acids is 1. The number of sulfonamides is 1. The van der Waals surface area contributed by atoms with Crippen LogP contribution in [0.25, 0.3) is 5.69 Å². The van der Waals surface area contributed by atoms with Crippen LogP contribution in [0.1, 0.15) is 29.9 Å². The number of carbonyl (C=O) groups is 1. The minimum atomic E-state index is -4.12. The van der Waals surface area contributed by atoms with Crippen LogP contribution in [0.4, 0.5) is 15.8 Å². The number of rotatable bonds is 12.